The molecule has 1 aromatic rings. The molecule has 2 rings (SSSR count). The van der Waals surface area contributed by atoms with Crippen LogP contribution in [0.3, 0.4) is 0 Å². The normalized spacial score (nSPS) is 22.9. The molecule has 2 unspecified atom stereocenters. The highest BCUT2D eigenvalue weighted by molar-refractivity contribution is 7.09. The Morgan fingerprint density at radius 2 is 2.50 bits per heavy atom. The lowest BCUT2D eigenvalue weighted by molar-refractivity contribution is -0.141. The number of carboxylic acid groups (broad SMARTS) is 1. The minimum atomic E-state index is -0.748. The summed E-state index contributed by atoms with van der Waals surface area (Å²) in [4.78, 5) is 17.8. The van der Waals surface area contributed by atoms with Gasteiger partial charge in [0.25, 0.3) is 0 Å². The van der Waals surface area contributed by atoms with E-state index in [9.17, 15) is 4.79 Å². The van der Waals surface area contributed by atoms with E-state index >= 15 is 0 Å². The van der Waals surface area contributed by atoms with Gasteiger partial charge in [-0.3, -0.25) is 4.79 Å². The van der Waals surface area contributed by atoms with Crippen LogP contribution in [0.5, 0.6) is 0 Å². The second-order valence-electron chi connectivity index (χ2n) is 5.22. The lowest BCUT2D eigenvalue weighted by Crippen LogP contribution is -2.30. The Kier molecular flexibility index (Phi) is 4.35. The molecule has 1 aliphatic heterocycles. The number of carboxylic acids is 1. The smallest absolute Gasteiger partial charge is 0.306 e. The average molecular weight is 268 g/mol. The van der Waals surface area contributed by atoms with Gasteiger partial charge in [0.2, 0.25) is 0 Å². The summed E-state index contributed by atoms with van der Waals surface area (Å²) < 4.78 is 0. The third-order valence-electron chi connectivity index (χ3n) is 3.48. The van der Waals surface area contributed by atoms with Crippen molar-refractivity contribution in [3.8, 4) is 0 Å². The van der Waals surface area contributed by atoms with Crippen molar-refractivity contribution in [2.24, 2.45) is 5.92 Å². The van der Waals surface area contributed by atoms with Crippen LogP contribution in [0, 0.1) is 5.92 Å². The van der Waals surface area contributed by atoms with Crippen LogP contribution in [-0.2, 0) is 11.2 Å². The Labute approximate surface area is 112 Å². The summed E-state index contributed by atoms with van der Waals surface area (Å²) in [7, 11) is 2.15. The number of piperidine rings is 1. The molecule has 1 fully saturated rings. The molecule has 0 radical (unpaired) electrons. The van der Waals surface area contributed by atoms with Crippen LogP contribution in [-0.4, -0.2) is 41.1 Å². The van der Waals surface area contributed by atoms with E-state index in [2.05, 4.69) is 16.9 Å². The second kappa shape index (κ2) is 5.80. The highest BCUT2D eigenvalue weighted by atomic mass is 32.1. The number of likely N-dealkylation sites (tertiary alicyclic amines) is 1. The molecule has 1 N–H and O–H groups in total. The van der Waals surface area contributed by atoms with Crippen LogP contribution < -0.4 is 0 Å². The number of likely N-dealkylation sites (N-methyl/N-ethyl adjacent to an activating group) is 1. The van der Waals surface area contributed by atoms with Crippen molar-refractivity contribution in [3.63, 3.8) is 0 Å². The highest BCUT2D eigenvalue weighted by Gasteiger charge is 2.22. The van der Waals surface area contributed by atoms with E-state index in [0.717, 1.165) is 12.2 Å². The lowest BCUT2D eigenvalue weighted by atomic mass is 9.99. The van der Waals surface area contributed by atoms with Gasteiger partial charge in [0, 0.05) is 24.3 Å². The summed E-state index contributed by atoms with van der Waals surface area (Å²) in [5.74, 6) is -0.571. The molecule has 4 nitrogen and oxygen atoms in total. The van der Waals surface area contributed by atoms with Gasteiger partial charge in [0.1, 0.15) is 0 Å². The number of aromatic nitrogens is 1. The zero-order valence-electron chi connectivity index (χ0n) is 10.9. The summed E-state index contributed by atoms with van der Waals surface area (Å²) in [6, 6.07) is 0. The van der Waals surface area contributed by atoms with Gasteiger partial charge in [0.15, 0.2) is 0 Å². The topological polar surface area (TPSA) is 53.4 Å². The van der Waals surface area contributed by atoms with Crippen molar-refractivity contribution < 1.29 is 9.90 Å². The van der Waals surface area contributed by atoms with Gasteiger partial charge in [0.05, 0.1) is 16.6 Å². The highest BCUT2D eigenvalue weighted by Crippen LogP contribution is 2.29. The third-order valence-corrected chi connectivity index (χ3v) is 4.54. The van der Waals surface area contributed by atoms with Crippen molar-refractivity contribution >= 4 is 17.3 Å². The molecule has 2 heterocycles. The molecule has 0 spiro atoms. The molecule has 1 saturated heterocycles. The molecule has 100 valence electrons. The number of hydrogen-bond donors (Lipinski definition) is 1. The van der Waals surface area contributed by atoms with Crippen molar-refractivity contribution in [2.45, 2.75) is 32.1 Å². The minimum absolute atomic E-state index is 0.353. The fourth-order valence-electron chi connectivity index (χ4n) is 2.37. The summed E-state index contributed by atoms with van der Waals surface area (Å²) in [5, 5.41) is 12.1. The van der Waals surface area contributed by atoms with Crippen LogP contribution in [0.25, 0.3) is 0 Å². The lowest BCUT2D eigenvalue weighted by Gasteiger charge is -2.28. The maximum Gasteiger partial charge on any atom is 0.306 e. The van der Waals surface area contributed by atoms with E-state index in [1.165, 1.54) is 24.4 Å². The van der Waals surface area contributed by atoms with E-state index in [0.29, 0.717) is 12.3 Å². The van der Waals surface area contributed by atoms with Gasteiger partial charge in [-0.1, -0.05) is 6.92 Å². The van der Waals surface area contributed by atoms with E-state index in [-0.39, 0.29) is 5.92 Å². The van der Waals surface area contributed by atoms with Gasteiger partial charge < -0.3 is 10.0 Å². The molecule has 0 amide bonds. The first-order valence-corrected chi connectivity index (χ1v) is 7.30. The fraction of sp³-hybridized carbons (Fsp3) is 0.692. The van der Waals surface area contributed by atoms with Gasteiger partial charge in [-0.25, -0.2) is 4.98 Å². The van der Waals surface area contributed by atoms with Crippen LogP contribution in [0.1, 0.15) is 36.4 Å². The van der Waals surface area contributed by atoms with E-state index < -0.39 is 5.97 Å². The largest absolute Gasteiger partial charge is 0.481 e. The number of thiazole rings is 1. The first-order chi connectivity index (χ1) is 8.56. The second-order valence-corrected chi connectivity index (χ2v) is 6.11. The summed E-state index contributed by atoms with van der Waals surface area (Å²) >= 11 is 1.68. The van der Waals surface area contributed by atoms with Crippen molar-refractivity contribution in [1.29, 1.82) is 0 Å². The summed E-state index contributed by atoms with van der Waals surface area (Å²) in [5.41, 5.74) is 0.929. The van der Waals surface area contributed by atoms with Crippen LogP contribution in [0.2, 0.25) is 0 Å². The Morgan fingerprint density at radius 1 is 1.72 bits per heavy atom. The van der Waals surface area contributed by atoms with Crippen LogP contribution in [0.15, 0.2) is 5.38 Å². The molecule has 5 heteroatoms. The monoisotopic (exact) mass is 268 g/mol. The first-order valence-electron chi connectivity index (χ1n) is 6.42. The molecule has 1 aromatic heterocycles. The number of carbonyl (C=O) groups is 1. The quantitative estimate of drug-likeness (QED) is 0.909. The molecular formula is C13H20N2O2S. The van der Waals surface area contributed by atoms with E-state index in [4.69, 9.17) is 5.11 Å². The standard InChI is InChI=1S/C13H20N2O2S/c1-9(13(16)17)6-11-8-18-12(14-11)10-4-3-5-15(2)7-10/h8-10H,3-7H2,1-2H3,(H,16,17). The van der Waals surface area contributed by atoms with Crippen LogP contribution in [0.4, 0.5) is 0 Å². The Balaban J connectivity index is 1.99. The fourth-order valence-corrected chi connectivity index (χ4v) is 3.33. The zero-order chi connectivity index (χ0) is 13.1. The van der Waals surface area contributed by atoms with Crippen molar-refractivity contribution in [1.82, 2.24) is 9.88 Å². The number of nitrogens with zero attached hydrogens (tertiary/aromatic N) is 2. The van der Waals surface area contributed by atoms with Gasteiger partial charge in [-0.15, -0.1) is 11.3 Å². The number of aliphatic carboxylic acids is 1. The maximum atomic E-state index is 10.8. The number of hydrogen-bond acceptors (Lipinski definition) is 4. The Bertz CT molecular complexity index is 419. The molecular weight excluding hydrogens is 248 g/mol. The molecule has 0 aliphatic carbocycles. The van der Waals surface area contributed by atoms with Crippen molar-refractivity contribution in [3.05, 3.63) is 16.1 Å². The Hall–Kier alpha value is -0.940. The Morgan fingerprint density at radius 3 is 3.17 bits per heavy atom. The maximum absolute atomic E-state index is 10.8. The molecule has 1 aliphatic rings. The number of rotatable bonds is 4. The SMILES string of the molecule is CC(Cc1csc(C2CCCN(C)C2)n1)C(=O)O. The van der Waals surface area contributed by atoms with Gasteiger partial charge in [-0.05, 0) is 26.4 Å². The molecule has 18 heavy (non-hydrogen) atoms. The van der Waals surface area contributed by atoms with Crippen molar-refractivity contribution in [2.75, 3.05) is 20.1 Å². The summed E-state index contributed by atoms with van der Waals surface area (Å²) in [6.07, 6.45) is 2.96. The van der Waals surface area contributed by atoms with Gasteiger partial charge in [-0.2, -0.15) is 0 Å². The molecule has 0 saturated carbocycles. The zero-order valence-corrected chi connectivity index (χ0v) is 11.7. The predicted octanol–water partition coefficient (Wildman–Crippen LogP) is 2.22. The summed E-state index contributed by atoms with van der Waals surface area (Å²) in [6.45, 7) is 3.97. The minimum Gasteiger partial charge on any atom is -0.481 e. The average Bonchev–Trinajstić information content (AvgIpc) is 2.77. The first kappa shape index (κ1) is 13.5. The van der Waals surface area contributed by atoms with E-state index in [1.54, 1.807) is 18.3 Å². The van der Waals surface area contributed by atoms with Crippen LogP contribution >= 0.6 is 11.3 Å². The molecule has 2 atom stereocenters. The predicted molar refractivity (Wildman–Crippen MR) is 72.1 cm³/mol. The molecule has 0 aromatic carbocycles. The van der Waals surface area contributed by atoms with Gasteiger partial charge >= 0.3 is 5.97 Å². The van der Waals surface area contributed by atoms with E-state index in [1.807, 2.05) is 5.38 Å². The molecule has 0 bridgehead atoms. The third kappa shape index (κ3) is 3.29.